The van der Waals surface area contributed by atoms with E-state index in [1.807, 2.05) is 0 Å². The topological polar surface area (TPSA) is 119 Å². The summed E-state index contributed by atoms with van der Waals surface area (Å²) in [6.07, 6.45) is -3.65. The Hall–Kier alpha value is -4.61. The lowest BCUT2D eigenvalue weighted by molar-refractivity contribution is -0.141. The molecule has 0 saturated heterocycles. The zero-order valence-electron chi connectivity index (χ0n) is 18.8. The molecule has 36 heavy (non-hydrogen) atoms. The average molecular weight is 498 g/mol. The number of benzene rings is 2. The maximum Gasteiger partial charge on any atom is 0.435 e. The van der Waals surface area contributed by atoms with Gasteiger partial charge in [-0.1, -0.05) is 60.7 Å². The second kappa shape index (κ2) is 9.94. The van der Waals surface area contributed by atoms with Crippen LogP contribution in [0.5, 0.6) is 0 Å². The van der Waals surface area contributed by atoms with E-state index in [0.717, 1.165) is 32.0 Å². The predicted molar refractivity (Wildman–Crippen MR) is 126 cm³/mol. The van der Waals surface area contributed by atoms with Crippen molar-refractivity contribution in [2.24, 2.45) is 0 Å². The molecule has 0 fully saturated rings. The van der Waals surface area contributed by atoms with Gasteiger partial charge in [0.25, 0.3) is 5.56 Å². The van der Waals surface area contributed by atoms with Gasteiger partial charge in [0.05, 0.1) is 13.1 Å². The van der Waals surface area contributed by atoms with E-state index in [1.54, 1.807) is 60.7 Å². The van der Waals surface area contributed by atoms with Gasteiger partial charge in [0.2, 0.25) is 5.91 Å². The third-order valence-corrected chi connectivity index (χ3v) is 5.38. The number of aromatic amines is 1. The predicted octanol–water partition coefficient (Wildman–Crippen LogP) is 2.62. The molecule has 0 unspecified atom stereocenters. The summed E-state index contributed by atoms with van der Waals surface area (Å²) in [7, 11) is 0. The van der Waals surface area contributed by atoms with Crippen LogP contribution >= 0.6 is 0 Å². The number of nitrogens with one attached hydrogen (secondary N) is 1. The molecule has 186 valence electrons. The first kappa shape index (κ1) is 24.5. The van der Waals surface area contributed by atoms with Gasteiger partial charge in [0, 0.05) is 6.20 Å². The van der Waals surface area contributed by atoms with Crippen LogP contribution in [0.2, 0.25) is 0 Å². The van der Waals surface area contributed by atoms with Crippen LogP contribution in [0.3, 0.4) is 0 Å². The number of carbonyl (C=O) groups is 1. The smallest absolute Gasteiger partial charge is 0.383 e. The molecule has 2 aromatic heterocycles. The van der Waals surface area contributed by atoms with Crippen molar-refractivity contribution in [1.82, 2.24) is 19.3 Å². The Labute approximate surface area is 202 Å². The second-order valence-corrected chi connectivity index (χ2v) is 7.93. The van der Waals surface area contributed by atoms with Gasteiger partial charge in [-0.2, -0.15) is 18.3 Å². The number of alkyl halides is 3. The Morgan fingerprint density at radius 2 is 1.58 bits per heavy atom. The molecule has 0 saturated carbocycles. The van der Waals surface area contributed by atoms with Gasteiger partial charge >= 0.3 is 11.9 Å². The van der Waals surface area contributed by atoms with Crippen LogP contribution in [0.15, 0.2) is 82.5 Å². The molecule has 1 amide bonds. The summed E-state index contributed by atoms with van der Waals surface area (Å²) >= 11 is 0. The standard InChI is InChI=1S/C24H21F3N6O3/c25-24(26,27)18-11-12-31(30-18)15-19(34)32(13-16-7-3-1-4-8-16)20-21(28)33(23(36)29-22(20)35)14-17-9-5-2-6-10-17/h1-12H,13-15,28H2,(H,29,35,36). The van der Waals surface area contributed by atoms with Crippen molar-refractivity contribution < 1.29 is 18.0 Å². The normalized spacial score (nSPS) is 11.4. The molecular formula is C24H21F3N6O3. The van der Waals surface area contributed by atoms with Crippen LogP contribution in [0.25, 0.3) is 0 Å². The molecule has 0 aliphatic heterocycles. The molecular weight excluding hydrogens is 477 g/mol. The minimum absolute atomic E-state index is 0.0246. The van der Waals surface area contributed by atoms with E-state index < -0.39 is 35.6 Å². The lowest BCUT2D eigenvalue weighted by Crippen LogP contribution is -2.42. The third kappa shape index (κ3) is 5.37. The van der Waals surface area contributed by atoms with Crippen molar-refractivity contribution in [2.75, 3.05) is 10.6 Å². The van der Waals surface area contributed by atoms with E-state index in [9.17, 15) is 27.6 Å². The monoisotopic (exact) mass is 498 g/mol. The van der Waals surface area contributed by atoms with Gasteiger partial charge in [-0.3, -0.25) is 28.7 Å². The Morgan fingerprint density at radius 1 is 0.972 bits per heavy atom. The molecule has 9 nitrogen and oxygen atoms in total. The number of rotatable bonds is 7. The number of anilines is 2. The van der Waals surface area contributed by atoms with Crippen LogP contribution < -0.4 is 21.9 Å². The lowest BCUT2D eigenvalue weighted by Gasteiger charge is -2.25. The molecule has 0 aliphatic rings. The number of amides is 1. The largest absolute Gasteiger partial charge is 0.435 e. The number of nitrogens with two attached hydrogens (primary N) is 1. The summed E-state index contributed by atoms with van der Waals surface area (Å²) in [6.45, 7) is -0.694. The molecule has 2 aromatic carbocycles. The van der Waals surface area contributed by atoms with E-state index in [-0.39, 0.29) is 24.6 Å². The first-order chi connectivity index (χ1) is 17.1. The van der Waals surface area contributed by atoms with Crippen molar-refractivity contribution >= 4 is 17.4 Å². The van der Waals surface area contributed by atoms with Crippen molar-refractivity contribution in [1.29, 1.82) is 0 Å². The number of halogens is 3. The summed E-state index contributed by atoms with van der Waals surface area (Å²) in [6, 6.07) is 18.2. The summed E-state index contributed by atoms with van der Waals surface area (Å²) in [5.74, 6) is -1.01. The summed E-state index contributed by atoms with van der Waals surface area (Å²) in [4.78, 5) is 42.0. The van der Waals surface area contributed by atoms with E-state index in [4.69, 9.17) is 5.73 Å². The Balaban J connectivity index is 1.75. The Kier molecular flexibility index (Phi) is 6.77. The first-order valence-electron chi connectivity index (χ1n) is 10.7. The lowest BCUT2D eigenvalue weighted by atomic mass is 10.2. The fraction of sp³-hybridized carbons (Fsp3) is 0.167. The van der Waals surface area contributed by atoms with E-state index in [1.165, 1.54) is 0 Å². The molecule has 12 heteroatoms. The van der Waals surface area contributed by atoms with Crippen LogP contribution in [0.1, 0.15) is 16.8 Å². The van der Waals surface area contributed by atoms with Gasteiger partial charge in [0.1, 0.15) is 12.4 Å². The number of nitrogen functional groups attached to an aromatic ring is 1. The second-order valence-electron chi connectivity index (χ2n) is 7.93. The van der Waals surface area contributed by atoms with E-state index in [2.05, 4.69) is 10.1 Å². The van der Waals surface area contributed by atoms with Gasteiger partial charge in [-0.05, 0) is 17.2 Å². The quantitative estimate of drug-likeness (QED) is 0.406. The number of carbonyl (C=O) groups excluding carboxylic acids is 1. The molecule has 4 rings (SSSR count). The molecule has 0 spiro atoms. The van der Waals surface area contributed by atoms with Crippen LogP contribution in [0.4, 0.5) is 24.7 Å². The minimum atomic E-state index is -4.67. The van der Waals surface area contributed by atoms with E-state index in [0.29, 0.717) is 5.56 Å². The number of H-pyrrole nitrogens is 1. The third-order valence-electron chi connectivity index (χ3n) is 5.38. The zero-order valence-corrected chi connectivity index (χ0v) is 18.8. The van der Waals surface area contributed by atoms with Gasteiger partial charge in [0.15, 0.2) is 11.4 Å². The van der Waals surface area contributed by atoms with E-state index >= 15 is 0 Å². The number of nitrogens with zero attached hydrogens (tertiary/aromatic N) is 4. The number of hydrogen-bond donors (Lipinski definition) is 2. The highest BCUT2D eigenvalue weighted by molar-refractivity contribution is 5.95. The fourth-order valence-electron chi connectivity index (χ4n) is 3.64. The highest BCUT2D eigenvalue weighted by Crippen LogP contribution is 2.27. The van der Waals surface area contributed by atoms with Crippen LogP contribution in [0, 0.1) is 0 Å². The molecule has 2 heterocycles. The summed E-state index contributed by atoms with van der Waals surface area (Å²) in [5.41, 5.74) is 4.50. The molecule has 4 aromatic rings. The molecule has 0 atom stereocenters. The first-order valence-corrected chi connectivity index (χ1v) is 10.7. The Morgan fingerprint density at radius 3 is 2.17 bits per heavy atom. The maximum atomic E-state index is 13.3. The maximum absolute atomic E-state index is 13.3. The van der Waals surface area contributed by atoms with Crippen molar-refractivity contribution in [3.05, 3.63) is 111 Å². The average Bonchev–Trinajstić information content (AvgIpc) is 3.31. The van der Waals surface area contributed by atoms with Gasteiger partial charge in [-0.15, -0.1) is 0 Å². The molecule has 0 radical (unpaired) electrons. The van der Waals surface area contributed by atoms with Gasteiger partial charge in [-0.25, -0.2) is 4.79 Å². The highest BCUT2D eigenvalue weighted by atomic mass is 19.4. The SMILES string of the molecule is Nc1c(N(Cc2ccccc2)C(=O)Cn2ccc(C(F)(F)F)n2)c(=O)[nH]c(=O)n1Cc1ccccc1. The molecule has 0 aliphatic carbocycles. The number of aromatic nitrogens is 4. The molecule has 0 bridgehead atoms. The van der Waals surface area contributed by atoms with Crippen molar-refractivity contribution in [3.63, 3.8) is 0 Å². The summed E-state index contributed by atoms with van der Waals surface area (Å²) in [5, 5.41) is 3.41. The number of hydrogen-bond acceptors (Lipinski definition) is 5. The molecule has 3 N–H and O–H groups in total. The van der Waals surface area contributed by atoms with Crippen LogP contribution in [-0.4, -0.2) is 25.2 Å². The highest BCUT2D eigenvalue weighted by Gasteiger charge is 2.34. The Bertz CT molecular complexity index is 1480. The zero-order chi connectivity index (χ0) is 25.9. The summed E-state index contributed by atoms with van der Waals surface area (Å²) < 4.78 is 40.8. The fourth-order valence-corrected chi connectivity index (χ4v) is 3.64. The van der Waals surface area contributed by atoms with Gasteiger partial charge < -0.3 is 5.73 Å². The van der Waals surface area contributed by atoms with Crippen LogP contribution in [-0.2, 0) is 30.6 Å². The van der Waals surface area contributed by atoms with Crippen molar-refractivity contribution in [2.45, 2.75) is 25.8 Å². The van der Waals surface area contributed by atoms with Crippen molar-refractivity contribution in [3.8, 4) is 0 Å². The minimum Gasteiger partial charge on any atom is -0.383 e.